The molecule has 0 aliphatic rings. The minimum Gasteiger partial charge on any atom is -0.478 e. The maximum Gasteiger partial charge on any atom is 0.337 e. The van der Waals surface area contributed by atoms with Crippen LogP contribution in [-0.2, 0) is 0 Å². The quantitative estimate of drug-likeness (QED) is 0.727. The largest absolute Gasteiger partial charge is 0.478 e. The Morgan fingerprint density at radius 2 is 1.95 bits per heavy atom. The molecule has 0 radical (unpaired) electrons. The van der Waals surface area contributed by atoms with Gasteiger partial charge in [0.15, 0.2) is 0 Å². The van der Waals surface area contributed by atoms with Crippen molar-refractivity contribution in [1.82, 2.24) is 4.90 Å². The predicted molar refractivity (Wildman–Crippen MR) is 83.5 cm³/mol. The number of aromatic carboxylic acids is 1. The first-order valence-electron chi connectivity index (χ1n) is 7.39. The minimum absolute atomic E-state index is 0.270. The molecule has 0 aliphatic heterocycles. The molecule has 1 atom stereocenters. The monoisotopic (exact) mass is 278 g/mol. The van der Waals surface area contributed by atoms with Crippen molar-refractivity contribution in [3.05, 3.63) is 29.8 Å². The summed E-state index contributed by atoms with van der Waals surface area (Å²) in [5, 5.41) is 12.4. The molecule has 0 fully saturated rings. The third kappa shape index (κ3) is 5.21. The molecular weight excluding hydrogens is 252 g/mol. The number of carboxylic acid groups (broad SMARTS) is 1. The maximum absolute atomic E-state index is 11.1. The molecule has 0 heterocycles. The number of rotatable bonds is 9. The van der Waals surface area contributed by atoms with E-state index in [-0.39, 0.29) is 6.04 Å². The molecule has 2 N–H and O–H groups in total. The van der Waals surface area contributed by atoms with Crippen molar-refractivity contribution >= 4 is 11.7 Å². The van der Waals surface area contributed by atoms with E-state index in [9.17, 15) is 4.79 Å². The number of hydrogen-bond donors (Lipinski definition) is 2. The SMILES string of the molecule is CCN(CC)CCCC(C)Nc1ccccc1C(=O)O. The standard InChI is InChI=1S/C16H26N2O2/c1-4-18(5-2)12-8-9-13(3)17-15-11-7-6-10-14(15)16(19)20/h6-7,10-11,13,17H,4-5,8-9,12H2,1-3H3,(H,19,20). The normalized spacial score (nSPS) is 12.4. The second-order valence-corrected chi connectivity index (χ2v) is 5.07. The smallest absolute Gasteiger partial charge is 0.337 e. The summed E-state index contributed by atoms with van der Waals surface area (Å²) in [5.74, 6) is -0.886. The van der Waals surface area contributed by atoms with Crippen molar-refractivity contribution in [2.24, 2.45) is 0 Å². The molecule has 0 saturated heterocycles. The van der Waals surface area contributed by atoms with Crippen LogP contribution in [0.25, 0.3) is 0 Å². The zero-order valence-electron chi connectivity index (χ0n) is 12.7. The lowest BCUT2D eigenvalue weighted by Gasteiger charge is -2.20. The molecule has 20 heavy (non-hydrogen) atoms. The topological polar surface area (TPSA) is 52.6 Å². The van der Waals surface area contributed by atoms with Gasteiger partial charge in [-0.25, -0.2) is 4.79 Å². The van der Waals surface area contributed by atoms with Gasteiger partial charge in [0.25, 0.3) is 0 Å². The van der Waals surface area contributed by atoms with Gasteiger partial charge in [0.05, 0.1) is 5.56 Å². The average Bonchev–Trinajstić information content (AvgIpc) is 2.44. The van der Waals surface area contributed by atoms with Crippen LogP contribution in [0.15, 0.2) is 24.3 Å². The Kier molecular flexibility index (Phi) is 7.09. The van der Waals surface area contributed by atoms with Crippen LogP contribution in [-0.4, -0.2) is 41.7 Å². The fourth-order valence-electron chi connectivity index (χ4n) is 2.29. The summed E-state index contributed by atoms with van der Waals surface area (Å²) < 4.78 is 0. The van der Waals surface area contributed by atoms with Crippen molar-refractivity contribution in [3.63, 3.8) is 0 Å². The third-order valence-electron chi connectivity index (χ3n) is 3.57. The first-order valence-corrected chi connectivity index (χ1v) is 7.39. The molecular formula is C16H26N2O2. The van der Waals surface area contributed by atoms with Gasteiger partial charge in [-0.05, 0) is 51.5 Å². The summed E-state index contributed by atoms with van der Waals surface area (Å²) in [6.07, 6.45) is 2.15. The van der Waals surface area contributed by atoms with Crippen LogP contribution in [0.5, 0.6) is 0 Å². The number of anilines is 1. The second kappa shape index (κ2) is 8.59. The van der Waals surface area contributed by atoms with Crippen LogP contribution in [0.3, 0.4) is 0 Å². The highest BCUT2D eigenvalue weighted by molar-refractivity contribution is 5.94. The molecule has 4 heteroatoms. The summed E-state index contributed by atoms with van der Waals surface area (Å²) in [4.78, 5) is 13.5. The lowest BCUT2D eigenvalue weighted by molar-refractivity contribution is 0.0698. The molecule has 1 unspecified atom stereocenters. The van der Waals surface area contributed by atoms with Gasteiger partial charge in [0.1, 0.15) is 0 Å². The van der Waals surface area contributed by atoms with E-state index in [2.05, 4.69) is 31.0 Å². The molecule has 0 amide bonds. The van der Waals surface area contributed by atoms with Gasteiger partial charge >= 0.3 is 5.97 Å². The Hall–Kier alpha value is -1.55. The number of carbonyl (C=O) groups is 1. The van der Waals surface area contributed by atoms with Crippen LogP contribution < -0.4 is 5.32 Å². The van der Waals surface area contributed by atoms with Crippen LogP contribution in [0.4, 0.5) is 5.69 Å². The van der Waals surface area contributed by atoms with Crippen molar-refractivity contribution in [3.8, 4) is 0 Å². The van der Waals surface area contributed by atoms with E-state index in [4.69, 9.17) is 5.11 Å². The molecule has 0 bridgehead atoms. The predicted octanol–water partition coefficient (Wildman–Crippen LogP) is 3.31. The fourth-order valence-corrected chi connectivity index (χ4v) is 2.29. The van der Waals surface area contributed by atoms with Gasteiger partial charge < -0.3 is 15.3 Å². The molecule has 0 saturated carbocycles. The molecule has 1 rings (SSSR count). The fraction of sp³-hybridized carbons (Fsp3) is 0.562. The van der Waals surface area contributed by atoms with Gasteiger partial charge in [0, 0.05) is 11.7 Å². The van der Waals surface area contributed by atoms with E-state index >= 15 is 0 Å². The van der Waals surface area contributed by atoms with Gasteiger partial charge in [0.2, 0.25) is 0 Å². The molecule has 0 spiro atoms. The van der Waals surface area contributed by atoms with Crippen LogP contribution in [0.2, 0.25) is 0 Å². The van der Waals surface area contributed by atoms with Gasteiger partial charge in [-0.15, -0.1) is 0 Å². The summed E-state index contributed by atoms with van der Waals surface area (Å²) in [7, 11) is 0. The Labute approximate surface area is 121 Å². The van der Waals surface area contributed by atoms with Crippen LogP contribution >= 0.6 is 0 Å². The number of nitrogens with one attached hydrogen (secondary N) is 1. The van der Waals surface area contributed by atoms with E-state index in [1.54, 1.807) is 12.1 Å². The average molecular weight is 278 g/mol. The number of para-hydroxylation sites is 1. The van der Waals surface area contributed by atoms with Crippen LogP contribution in [0, 0.1) is 0 Å². The molecule has 1 aromatic carbocycles. The third-order valence-corrected chi connectivity index (χ3v) is 3.57. The van der Waals surface area contributed by atoms with E-state index in [1.165, 1.54) is 0 Å². The summed E-state index contributed by atoms with van der Waals surface area (Å²) in [6, 6.07) is 7.33. The molecule has 4 nitrogen and oxygen atoms in total. The van der Waals surface area contributed by atoms with Crippen molar-refractivity contribution in [2.75, 3.05) is 25.0 Å². The van der Waals surface area contributed by atoms with E-state index < -0.39 is 5.97 Å². The Morgan fingerprint density at radius 1 is 1.30 bits per heavy atom. The molecule has 1 aromatic rings. The lowest BCUT2D eigenvalue weighted by Crippen LogP contribution is -2.25. The Bertz CT molecular complexity index is 417. The number of carboxylic acids is 1. The van der Waals surface area contributed by atoms with E-state index in [0.29, 0.717) is 11.3 Å². The molecule has 0 aliphatic carbocycles. The number of benzene rings is 1. The van der Waals surface area contributed by atoms with Gasteiger partial charge in [-0.2, -0.15) is 0 Å². The highest BCUT2D eigenvalue weighted by Gasteiger charge is 2.11. The summed E-state index contributed by atoms with van der Waals surface area (Å²) in [5.41, 5.74) is 1.04. The summed E-state index contributed by atoms with van der Waals surface area (Å²) >= 11 is 0. The van der Waals surface area contributed by atoms with Crippen LogP contribution in [0.1, 0.15) is 44.0 Å². The molecule has 0 aromatic heterocycles. The van der Waals surface area contributed by atoms with Crippen molar-refractivity contribution < 1.29 is 9.90 Å². The van der Waals surface area contributed by atoms with Gasteiger partial charge in [-0.1, -0.05) is 26.0 Å². The second-order valence-electron chi connectivity index (χ2n) is 5.07. The minimum atomic E-state index is -0.886. The maximum atomic E-state index is 11.1. The zero-order valence-corrected chi connectivity index (χ0v) is 12.7. The van der Waals surface area contributed by atoms with Gasteiger partial charge in [-0.3, -0.25) is 0 Å². The first-order chi connectivity index (χ1) is 9.58. The highest BCUT2D eigenvalue weighted by atomic mass is 16.4. The van der Waals surface area contributed by atoms with E-state index in [1.807, 2.05) is 12.1 Å². The van der Waals surface area contributed by atoms with Crippen molar-refractivity contribution in [1.29, 1.82) is 0 Å². The number of nitrogens with zero attached hydrogens (tertiary/aromatic N) is 1. The highest BCUT2D eigenvalue weighted by Crippen LogP contribution is 2.17. The Balaban J connectivity index is 2.46. The first kappa shape index (κ1) is 16.5. The Morgan fingerprint density at radius 3 is 2.55 bits per heavy atom. The zero-order chi connectivity index (χ0) is 15.0. The molecule has 112 valence electrons. The number of hydrogen-bond acceptors (Lipinski definition) is 3. The van der Waals surface area contributed by atoms with E-state index in [0.717, 1.165) is 32.5 Å². The summed E-state index contributed by atoms with van der Waals surface area (Å²) in [6.45, 7) is 9.71. The van der Waals surface area contributed by atoms with Crippen molar-refractivity contribution in [2.45, 2.75) is 39.7 Å². The lowest BCUT2D eigenvalue weighted by atomic mass is 10.1.